The number of carbonyl (C=O) groups is 1. The van der Waals surface area contributed by atoms with Gasteiger partial charge in [-0.1, -0.05) is 17.7 Å². The largest absolute Gasteiger partial charge is 0.495 e. The molecule has 0 aliphatic carbocycles. The minimum absolute atomic E-state index is 0.0409. The van der Waals surface area contributed by atoms with E-state index in [2.05, 4.69) is 0 Å². The Balaban J connectivity index is 1.83. The summed E-state index contributed by atoms with van der Waals surface area (Å²) in [7, 11) is 1.53. The number of alkyl halides is 3. The van der Waals surface area contributed by atoms with Crippen LogP contribution in [-0.4, -0.2) is 61.7 Å². The van der Waals surface area contributed by atoms with Crippen LogP contribution in [0.4, 0.5) is 13.2 Å². The summed E-state index contributed by atoms with van der Waals surface area (Å²) in [6, 6.07) is 5.37. The van der Waals surface area contributed by atoms with E-state index in [1.807, 2.05) is 6.07 Å². The Hall–Kier alpha value is -1.47. The van der Waals surface area contributed by atoms with Gasteiger partial charge in [-0.3, -0.25) is 9.69 Å². The normalized spacial score (nSPS) is 16.6. The molecule has 0 radical (unpaired) electrons. The molecule has 2 rings (SSSR count). The van der Waals surface area contributed by atoms with Crippen molar-refractivity contribution in [1.29, 1.82) is 0 Å². The first-order valence-electron chi connectivity index (χ1n) is 8.18. The maximum absolute atomic E-state index is 12.5. The van der Waals surface area contributed by atoms with Crippen molar-refractivity contribution in [1.82, 2.24) is 9.80 Å². The van der Waals surface area contributed by atoms with Gasteiger partial charge in [0.05, 0.1) is 18.7 Å². The van der Waals surface area contributed by atoms with Crippen LogP contribution in [0.1, 0.15) is 18.4 Å². The van der Waals surface area contributed by atoms with Gasteiger partial charge in [0.15, 0.2) is 0 Å². The third kappa shape index (κ3) is 6.40. The predicted molar refractivity (Wildman–Crippen MR) is 90.0 cm³/mol. The van der Waals surface area contributed by atoms with Crippen LogP contribution in [0, 0.1) is 0 Å². The highest BCUT2D eigenvalue weighted by atomic mass is 35.5. The maximum Gasteiger partial charge on any atom is 0.401 e. The molecule has 4 nitrogen and oxygen atoms in total. The van der Waals surface area contributed by atoms with Crippen molar-refractivity contribution in [2.45, 2.75) is 25.4 Å². The average molecular weight is 379 g/mol. The lowest BCUT2D eigenvalue weighted by molar-refractivity contribution is -0.145. The van der Waals surface area contributed by atoms with Crippen molar-refractivity contribution in [2.24, 2.45) is 0 Å². The number of hydrogen-bond acceptors (Lipinski definition) is 3. The van der Waals surface area contributed by atoms with E-state index in [1.165, 1.54) is 12.0 Å². The predicted octanol–water partition coefficient (Wildman–Crippen LogP) is 3.38. The minimum Gasteiger partial charge on any atom is -0.495 e. The summed E-state index contributed by atoms with van der Waals surface area (Å²) in [6.45, 7) is 0.519. The molecule has 1 aliphatic heterocycles. The van der Waals surface area contributed by atoms with Crippen LogP contribution in [0.2, 0.25) is 5.02 Å². The van der Waals surface area contributed by atoms with Crippen molar-refractivity contribution in [3.63, 3.8) is 0 Å². The van der Waals surface area contributed by atoms with E-state index in [9.17, 15) is 18.0 Å². The number of ether oxygens (including phenoxy) is 1. The van der Waals surface area contributed by atoms with Crippen LogP contribution in [-0.2, 0) is 11.2 Å². The van der Waals surface area contributed by atoms with Gasteiger partial charge in [-0.25, -0.2) is 0 Å². The van der Waals surface area contributed by atoms with Crippen molar-refractivity contribution >= 4 is 17.5 Å². The zero-order valence-corrected chi connectivity index (χ0v) is 14.9. The van der Waals surface area contributed by atoms with E-state index in [-0.39, 0.29) is 12.5 Å². The fourth-order valence-corrected chi connectivity index (χ4v) is 3.19. The number of aryl methyl sites for hydroxylation is 1. The first kappa shape index (κ1) is 19.8. The molecule has 1 fully saturated rings. The molecule has 0 unspecified atom stereocenters. The second-order valence-electron chi connectivity index (χ2n) is 6.09. The fourth-order valence-electron chi connectivity index (χ4n) is 2.91. The molecule has 1 amide bonds. The molecule has 140 valence electrons. The summed E-state index contributed by atoms with van der Waals surface area (Å²) in [4.78, 5) is 15.4. The lowest BCUT2D eigenvalue weighted by atomic mass is 10.1. The second kappa shape index (κ2) is 8.76. The van der Waals surface area contributed by atoms with Crippen molar-refractivity contribution in [2.75, 3.05) is 39.8 Å². The number of carbonyl (C=O) groups excluding carboxylic acids is 1. The minimum atomic E-state index is -4.20. The SMILES string of the molecule is COc1ccc(CCC(=O)N2CCCN(CC(F)(F)F)CC2)cc1Cl. The smallest absolute Gasteiger partial charge is 0.401 e. The molecule has 0 aromatic heterocycles. The molecule has 1 aromatic carbocycles. The Morgan fingerprint density at radius 1 is 1.24 bits per heavy atom. The van der Waals surface area contributed by atoms with E-state index in [0.717, 1.165) is 5.56 Å². The summed E-state index contributed by atoms with van der Waals surface area (Å²) in [6.07, 6.45) is -2.81. The topological polar surface area (TPSA) is 32.8 Å². The number of nitrogens with zero attached hydrogens (tertiary/aromatic N) is 2. The second-order valence-corrected chi connectivity index (χ2v) is 6.50. The van der Waals surface area contributed by atoms with Crippen LogP contribution in [0.25, 0.3) is 0 Å². The van der Waals surface area contributed by atoms with Gasteiger partial charge >= 0.3 is 6.18 Å². The molecule has 0 N–H and O–H groups in total. The average Bonchev–Trinajstić information content (AvgIpc) is 2.76. The third-order valence-electron chi connectivity index (χ3n) is 4.19. The van der Waals surface area contributed by atoms with Gasteiger partial charge in [-0.15, -0.1) is 0 Å². The number of rotatable bonds is 5. The molecule has 0 saturated carbocycles. The summed E-state index contributed by atoms with van der Waals surface area (Å²) >= 11 is 6.07. The maximum atomic E-state index is 12.5. The van der Waals surface area contributed by atoms with Crippen LogP contribution in [0.15, 0.2) is 18.2 Å². The summed E-state index contributed by atoms with van der Waals surface area (Å²) in [5, 5.41) is 0.491. The summed E-state index contributed by atoms with van der Waals surface area (Å²) in [5.41, 5.74) is 0.924. The van der Waals surface area contributed by atoms with Crippen LogP contribution in [0.5, 0.6) is 5.75 Å². The lowest BCUT2D eigenvalue weighted by Crippen LogP contribution is -2.38. The zero-order valence-electron chi connectivity index (χ0n) is 14.1. The van der Waals surface area contributed by atoms with Gasteiger partial charge in [-0.2, -0.15) is 13.2 Å². The molecule has 1 aromatic rings. The van der Waals surface area contributed by atoms with Gasteiger partial charge in [-0.05, 0) is 30.5 Å². The highest BCUT2D eigenvalue weighted by molar-refractivity contribution is 6.32. The highest BCUT2D eigenvalue weighted by Gasteiger charge is 2.31. The molecular formula is C17H22ClF3N2O2. The van der Waals surface area contributed by atoms with Crippen molar-refractivity contribution < 1.29 is 22.7 Å². The Morgan fingerprint density at radius 3 is 2.64 bits per heavy atom. The van der Waals surface area contributed by atoms with E-state index in [4.69, 9.17) is 16.3 Å². The highest BCUT2D eigenvalue weighted by Crippen LogP contribution is 2.25. The van der Waals surface area contributed by atoms with E-state index in [1.54, 1.807) is 17.0 Å². The van der Waals surface area contributed by atoms with Crippen LogP contribution < -0.4 is 4.74 Å². The summed E-state index contributed by atoms with van der Waals surface area (Å²) in [5.74, 6) is 0.537. The number of amides is 1. The Kier molecular flexibility index (Phi) is 6.95. The molecule has 1 heterocycles. The number of hydrogen-bond donors (Lipinski definition) is 0. The van der Waals surface area contributed by atoms with Gasteiger partial charge in [0.1, 0.15) is 5.75 Å². The third-order valence-corrected chi connectivity index (χ3v) is 4.48. The molecule has 0 atom stereocenters. The Morgan fingerprint density at radius 2 is 2.00 bits per heavy atom. The molecule has 0 spiro atoms. The lowest BCUT2D eigenvalue weighted by Gasteiger charge is -2.22. The molecular weight excluding hydrogens is 357 g/mol. The number of halogens is 4. The van der Waals surface area contributed by atoms with Gasteiger partial charge in [0.2, 0.25) is 5.91 Å². The van der Waals surface area contributed by atoms with Gasteiger partial charge in [0, 0.05) is 32.6 Å². The van der Waals surface area contributed by atoms with Crippen molar-refractivity contribution in [3.8, 4) is 5.75 Å². The molecule has 25 heavy (non-hydrogen) atoms. The molecule has 0 bridgehead atoms. The van der Waals surface area contributed by atoms with E-state index < -0.39 is 12.7 Å². The van der Waals surface area contributed by atoms with Crippen molar-refractivity contribution in [3.05, 3.63) is 28.8 Å². The Bertz CT molecular complexity index is 596. The first-order chi connectivity index (χ1) is 11.8. The number of benzene rings is 1. The Labute approximate surface area is 150 Å². The quantitative estimate of drug-likeness (QED) is 0.787. The van der Waals surface area contributed by atoms with E-state index in [0.29, 0.717) is 49.7 Å². The van der Waals surface area contributed by atoms with Gasteiger partial charge < -0.3 is 9.64 Å². The standard InChI is InChI=1S/C17H22ClF3N2O2/c1-25-15-5-3-13(11-14(15)18)4-6-16(24)23-8-2-7-22(9-10-23)12-17(19,20)21/h3,5,11H,2,4,6-10,12H2,1H3. The zero-order chi connectivity index (χ0) is 18.4. The first-order valence-corrected chi connectivity index (χ1v) is 8.55. The van der Waals surface area contributed by atoms with Gasteiger partial charge in [0.25, 0.3) is 0 Å². The summed E-state index contributed by atoms with van der Waals surface area (Å²) < 4.78 is 42.5. The van der Waals surface area contributed by atoms with Crippen LogP contribution >= 0.6 is 11.6 Å². The van der Waals surface area contributed by atoms with Crippen LogP contribution in [0.3, 0.4) is 0 Å². The molecule has 1 saturated heterocycles. The fraction of sp³-hybridized carbons (Fsp3) is 0.588. The number of methoxy groups -OCH3 is 1. The molecule has 8 heteroatoms. The molecule has 1 aliphatic rings. The monoisotopic (exact) mass is 378 g/mol. The van der Waals surface area contributed by atoms with E-state index >= 15 is 0 Å².